The van der Waals surface area contributed by atoms with E-state index in [4.69, 9.17) is 0 Å². The van der Waals surface area contributed by atoms with Crippen molar-refractivity contribution in [1.29, 1.82) is 0 Å². The molecule has 1 saturated heterocycles. The zero-order valence-corrected chi connectivity index (χ0v) is 17.4. The van der Waals surface area contributed by atoms with Crippen LogP contribution in [0.5, 0.6) is 0 Å². The first-order chi connectivity index (χ1) is 14.6. The molecule has 1 aliphatic heterocycles. The number of carbonyl (C=O) groups is 1. The number of benzene rings is 3. The van der Waals surface area contributed by atoms with Gasteiger partial charge in [0.15, 0.2) is 5.31 Å². The van der Waals surface area contributed by atoms with E-state index in [1.165, 1.54) is 0 Å². The van der Waals surface area contributed by atoms with Crippen LogP contribution in [0.25, 0.3) is 6.08 Å². The van der Waals surface area contributed by atoms with Crippen molar-refractivity contribution in [3.63, 3.8) is 0 Å². The second kappa shape index (κ2) is 8.70. The molecule has 3 aromatic rings. The number of rotatable bonds is 6. The maximum Gasteiger partial charge on any atom is 0.363 e. The first kappa shape index (κ1) is 20.1. The van der Waals surface area contributed by atoms with E-state index in [1.54, 1.807) is 0 Å². The zero-order valence-electron chi connectivity index (χ0n) is 16.5. The van der Waals surface area contributed by atoms with Crippen molar-refractivity contribution in [1.82, 2.24) is 0 Å². The van der Waals surface area contributed by atoms with Crippen LogP contribution in [0.2, 0.25) is 0 Å². The molecule has 0 bridgehead atoms. The van der Waals surface area contributed by atoms with Gasteiger partial charge in [0.1, 0.15) is 6.42 Å². The molecule has 0 saturated carbocycles. The maximum atomic E-state index is 12.3. The monoisotopic (exact) mass is 419 g/mol. The minimum Gasteiger partial charge on any atom is -0.481 e. The number of para-hydroxylation sites is 2. The lowest BCUT2D eigenvalue weighted by atomic mass is 10.2. The summed E-state index contributed by atoms with van der Waals surface area (Å²) in [5, 5.41) is 10.2. The topological polar surface area (TPSA) is 64.0 Å². The highest BCUT2D eigenvalue weighted by molar-refractivity contribution is 7.78. The van der Waals surface area contributed by atoms with Gasteiger partial charge >= 0.3 is 13.8 Å². The van der Waals surface area contributed by atoms with E-state index < -0.39 is 13.8 Å². The molecule has 0 spiro atoms. The summed E-state index contributed by atoms with van der Waals surface area (Å²) in [5.74, 6) is -0.960. The van der Waals surface area contributed by atoms with Crippen molar-refractivity contribution < 1.29 is 14.8 Å². The number of hydrogen-bond donors (Lipinski definition) is 2. The molecule has 0 atom stereocenters. The molecule has 0 radical (unpaired) electrons. The molecule has 5 nitrogen and oxygen atoms in total. The second-order valence-corrected chi connectivity index (χ2v) is 9.78. The summed E-state index contributed by atoms with van der Waals surface area (Å²) in [6.45, 7) is 1.21. The number of nitrogens with zero attached hydrogens (tertiary/aromatic N) is 2. The van der Waals surface area contributed by atoms with E-state index in [2.05, 4.69) is 0 Å². The third-order valence-electron chi connectivity index (χ3n) is 5.16. The summed E-state index contributed by atoms with van der Waals surface area (Å²) in [7, 11) is -3.17. The third kappa shape index (κ3) is 3.95. The van der Waals surface area contributed by atoms with Gasteiger partial charge in [-0.05, 0) is 35.9 Å². The Morgan fingerprint density at radius 3 is 1.67 bits per heavy atom. The van der Waals surface area contributed by atoms with Gasteiger partial charge in [-0.3, -0.25) is 4.79 Å². The summed E-state index contributed by atoms with van der Waals surface area (Å²) >= 11 is 0. The summed E-state index contributed by atoms with van der Waals surface area (Å²) in [6, 6.07) is 29.0. The van der Waals surface area contributed by atoms with E-state index in [1.807, 2.05) is 106 Å². The van der Waals surface area contributed by atoms with Crippen molar-refractivity contribution in [2.75, 3.05) is 22.4 Å². The molecule has 0 amide bonds. The molecule has 152 valence electrons. The lowest BCUT2D eigenvalue weighted by Crippen LogP contribution is -2.26. The number of carboxylic acid groups (broad SMARTS) is 1. The van der Waals surface area contributed by atoms with Gasteiger partial charge in [-0.15, -0.1) is 0 Å². The van der Waals surface area contributed by atoms with Gasteiger partial charge in [-0.25, -0.2) is 0 Å². The quantitative estimate of drug-likeness (QED) is 0.532. The van der Waals surface area contributed by atoms with Gasteiger partial charge in [-0.2, -0.15) is 14.2 Å². The number of carboxylic acids is 1. The van der Waals surface area contributed by atoms with E-state index >= 15 is 0 Å². The average Bonchev–Trinajstić information content (AvgIpc) is 3.13. The molecule has 0 aromatic heterocycles. The highest BCUT2D eigenvalue weighted by Gasteiger charge is 2.59. The Morgan fingerprint density at radius 1 is 0.800 bits per heavy atom. The summed E-state index contributed by atoms with van der Waals surface area (Å²) < 4.78 is 3.97. The van der Waals surface area contributed by atoms with Crippen LogP contribution < -0.4 is 9.34 Å². The molecule has 1 aliphatic rings. The molecule has 3 aromatic carbocycles. The first-order valence-electron chi connectivity index (χ1n) is 9.85. The molecule has 6 heteroatoms. The Hall–Kier alpha value is -3.14. The Kier molecular flexibility index (Phi) is 5.84. The number of aliphatic carboxylic acids is 1. The second-order valence-electron chi connectivity index (χ2n) is 7.10. The lowest BCUT2D eigenvalue weighted by molar-refractivity contribution is -0.136. The fourth-order valence-corrected chi connectivity index (χ4v) is 7.03. The van der Waals surface area contributed by atoms with Crippen LogP contribution in [-0.2, 0) is 4.79 Å². The molecule has 1 fully saturated rings. The fraction of sp³-hybridized carbons (Fsp3) is 0.125. The Morgan fingerprint density at radius 2 is 1.23 bits per heavy atom. The smallest absolute Gasteiger partial charge is 0.363 e. The molecule has 4 rings (SSSR count). The molecular weight excluding hydrogens is 395 g/mol. The van der Waals surface area contributed by atoms with Gasteiger partial charge in [0, 0.05) is 0 Å². The minimum atomic E-state index is -3.17. The van der Waals surface area contributed by atoms with Crippen molar-refractivity contribution in [3.8, 4) is 0 Å². The van der Waals surface area contributed by atoms with Crippen LogP contribution in [0, 0.1) is 0 Å². The van der Waals surface area contributed by atoms with Crippen LogP contribution in [0.15, 0.2) is 96.3 Å². The Balaban J connectivity index is 1.88. The Bertz CT molecular complexity index is 979. The van der Waals surface area contributed by atoms with Crippen LogP contribution in [-0.4, -0.2) is 29.1 Å². The van der Waals surface area contributed by atoms with Crippen LogP contribution >= 0.6 is 7.79 Å². The van der Waals surface area contributed by atoms with Gasteiger partial charge in [0.2, 0.25) is 0 Å². The van der Waals surface area contributed by atoms with Crippen molar-refractivity contribution >= 4 is 31.2 Å². The van der Waals surface area contributed by atoms with Crippen molar-refractivity contribution in [2.45, 2.75) is 6.42 Å². The molecule has 2 N–H and O–H groups in total. The average molecular weight is 419 g/mol. The van der Waals surface area contributed by atoms with Crippen molar-refractivity contribution in [2.24, 2.45) is 0 Å². The SMILES string of the molecule is O=C(O)C/C(=C\c1ccccc1)[P+]1(O)N(c2ccccc2)CCN1c1ccccc1. The molecule has 1 heterocycles. The van der Waals surface area contributed by atoms with Gasteiger partial charge in [-0.1, -0.05) is 66.7 Å². The largest absolute Gasteiger partial charge is 0.481 e. The van der Waals surface area contributed by atoms with Gasteiger partial charge < -0.3 is 5.11 Å². The lowest BCUT2D eigenvalue weighted by Gasteiger charge is -2.32. The standard InChI is InChI=1S/C24H23N2O3P/c27-24(28)19-23(18-20-10-4-1-5-11-20)30(29)25(21-12-6-2-7-13-21)16-17-26(30)22-14-8-3-9-15-22/h1-15,18,29H,16-17,19H2/p+1/b23-18+. The van der Waals surface area contributed by atoms with Crippen LogP contribution in [0.4, 0.5) is 11.4 Å². The molecule has 0 aliphatic carbocycles. The van der Waals surface area contributed by atoms with E-state index in [0.29, 0.717) is 18.4 Å². The number of hydrogen-bond acceptors (Lipinski definition) is 4. The third-order valence-corrected chi connectivity index (χ3v) is 8.42. The number of anilines is 2. The van der Waals surface area contributed by atoms with Gasteiger partial charge in [0.25, 0.3) is 0 Å². The first-order valence-corrected chi connectivity index (χ1v) is 11.5. The minimum absolute atomic E-state index is 0.230. The highest BCUT2D eigenvalue weighted by atomic mass is 31.2. The van der Waals surface area contributed by atoms with Crippen molar-refractivity contribution in [3.05, 3.63) is 102 Å². The summed E-state index contributed by atoms with van der Waals surface area (Å²) in [5.41, 5.74) is 2.64. The van der Waals surface area contributed by atoms with Gasteiger partial charge in [0.05, 0.1) is 24.5 Å². The molecular formula is C24H24N2O3P+. The predicted octanol–water partition coefficient (Wildman–Crippen LogP) is 5.28. The summed E-state index contributed by atoms with van der Waals surface area (Å²) in [6.07, 6.45) is 1.60. The normalized spacial score (nSPS) is 16.0. The predicted molar refractivity (Wildman–Crippen MR) is 123 cm³/mol. The van der Waals surface area contributed by atoms with Crippen LogP contribution in [0.3, 0.4) is 0 Å². The maximum absolute atomic E-state index is 12.3. The van der Waals surface area contributed by atoms with Crippen LogP contribution in [0.1, 0.15) is 12.0 Å². The highest BCUT2D eigenvalue weighted by Crippen LogP contribution is 2.73. The van der Waals surface area contributed by atoms with E-state index in [9.17, 15) is 14.8 Å². The molecule has 0 unspecified atom stereocenters. The fourth-order valence-electron chi connectivity index (χ4n) is 3.83. The summed E-state index contributed by atoms with van der Waals surface area (Å²) in [4.78, 5) is 24.1. The zero-order chi connectivity index (χ0) is 21.0. The Labute approximate surface area is 177 Å². The van der Waals surface area contributed by atoms with E-state index in [-0.39, 0.29) is 6.42 Å². The molecule has 30 heavy (non-hydrogen) atoms. The van der Waals surface area contributed by atoms with E-state index in [0.717, 1.165) is 16.9 Å².